The minimum atomic E-state index is -3.48. The van der Waals surface area contributed by atoms with Crippen LogP contribution in [0.3, 0.4) is 0 Å². The second-order valence-corrected chi connectivity index (χ2v) is 10.7. The van der Waals surface area contributed by atoms with Crippen LogP contribution in [0.5, 0.6) is 5.75 Å². The van der Waals surface area contributed by atoms with E-state index < -0.39 is 8.87 Å². The highest BCUT2D eigenvalue weighted by Gasteiger charge is 2.24. The first-order chi connectivity index (χ1) is 11.6. The molecule has 0 radical (unpaired) electrons. The molecule has 134 valence electrons. The third-order valence-corrected chi connectivity index (χ3v) is 7.01. The van der Waals surface area contributed by atoms with Crippen molar-refractivity contribution in [2.45, 2.75) is 42.9 Å². The van der Waals surface area contributed by atoms with Crippen molar-refractivity contribution in [1.82, 2.24) is 0 Å². The van der Waals surface area contributed by atoms with Crippen molar-refractivity contribution in [3.63, 3.8) is 0 Å². The quantitative estimate of drug-likeness (QED) is 0.504. The molecule has 0 saturated carbocycles. The van der Waals surface area contributed by atoms with E-state index in [1.165, 1.54) is 0 Å². The molecule has 0 saturated heterocycles. The summed E-state index contributed by atoms with van der Waals surface area (Å²) in [5.74, 6) is 0.710. The average Bonchev–Trinajstić information content (AvgIpc) is 2.53. The van der Waals surface area contributed by atoms with Gasteiger partial charge in [-0.05, 0) is 48.2 Å². The number of ether oxygens (including phenoxy) is 1. The van der Waals surface area contributed by atoms with Crippen molar-refractivity contribution < 1.29 is 13.2 Å². The molecule has 0 aliphatic carbocycles. The molecule has 5 heteroatoms. The third-order valence-electron chi connectivity index (χ3n) is 3.64. The normalized spacial score (nSPS) is 12.0. The van der Waals surface area contributed by atoms with Crippen molar-refractivity contribution in [2.75, 3.05) is 6.61 Å². The highest BCUT2D eigenvalue weighted by atomic mass is 33.1. The lowest BCUT2D eigenvalue weighted by Gasteiger charge is -2.23. The Kier molecular flexibility index (Phi) is 6.01. The maximum Gasteiger partial charge on any atom is 0.234 e. The van der Waals surface area contributed by atoms with Crippen LogP contribution in [0, 0.1) is 6.92 Å². The van der Waals surface area contributed by atoms with Crippen molar-refractivity contribution in [2.24, 2.45) is 0 Å². The Balaban J connectivity index is 2.40. The second kappa shape index (κ2) is 7.67. The number of hydrogen-bond donors (Lipinski definition) is 0. The zero-order valence-electron chi connectivity index (χ0n) is 15.1. The first-order valence-electron chi connectivity index (χ1n) is 8.03. The Bertz CT molecular complexity index is 846. The van der Waals surface area contributed by atoms with Gasteiger partial charge in [0.25, 0.3) is 0 Å². The highest BCUT2D eigenvalue weighted by Crippen LogP contribution is 2.39. The van der Waals surface area contributed by atoms with E-state index in [0.717, 1.165) is 26.8 Å². The first kappa shape index (κ1) is 19.6. The van der Waals surface area contributed by atoms with Gasteiger partial charge in [0.2, 0.25) is 8.87 Å². The van der Waals surface area contributed by atoms with Gasteiger partial charge in [-0.2, -0.15) is 0 Å². The van der Waals surface area contributed by atoms with Gasteiger partial charge in [0.1, 0.15) is 12.4 Å². The van der Waals surface area contributed by atoms with Crippen LogP contribution in [0.1, 0.15) is 31.9 Å². The van der Waals surface area contributed by atoms with Gasteiger partial charge in [0.05, 0.1) is 4.90 Å². The Morgan fingerprint density at radius 1 is 1.12 bits per heavy atom. The molecule has 0 aliphatic heterocycles. The molecule has 0 unspecified atom stereocenters. The molecule has 0 amide bonds. The molecule has 0 atom stereocenters. The largest absolute Gasteiger partial charge is 0.490 e. The molecule has 2 aromatic rings. The van der Waals surface area contributed by atoms with Crippen LogP contribution in [0.4, 0.5) is 0 Å². The monoisotopic (exact) mass is 376 g/mol. The Morgan fingerprint density at radius 2 is 1.76 bits per heavy atom. The van der Waals surface area contributed by atoms with Crippen LogP contribution in [-0.2, 0) is 14.3 Å². The van der Waals surface area contributed by atoms with Crippen LogP contribution >= 0.6 is 10.8 Å². The van der Waals surface area contributed by atoms with E-state index in [2.05, 4.69) is 27.4 Å². The molecule has 0 spiro atoms. The molecule has 25 heavy (non-hydrogen) atoms. The molecule has 0 heterocycles. The van der Waals surface area contributed by atoms with Gasteiger partial charge in [-0.1, -0.05) is 51.1 Å². The minimum absolute atomic E-state index is 0.210. The molecular weight excluding hydrogens is 352 g/mol. The predicted molar refractivity (Wildman–Crippen MR) is 105 cm³/mol. The Labute approximate surface area is 154 Å². The zero-order chi connectivity index (χ0) is 18.7. The maximum atomic E-state index is 12.8. The second-order valence-electron chi connectivity index (χ2n) is 6.86. The molecule has 0 aliphatic rings. The topological polar surface area (TPSA) is 43.4 Å². The van der Waals surface area contributed by atoms with Gasteiger partial charge in [0.15, 0.2) is 0 Å². The van der Waals surface area contributed by atoms with Crippen molar-refractivity contribution in [3.05, 3.63) is 66.2 Å². The molecule has 3 nitrogen and oxygen atoms in total. The third kappa shape index (κ3) is 5.13. The Morgan fingerprint density at radius 3 is 2.32 bits per heavy atom. The molecule has 0 fully saturated rings. The number of benzene rings is 2. The standard InChI is InChI=1S/C20H24O3S2/c1-6-13-23-16-9-12-19(18(14-16)20(3,4)5)24-25(21,22)17-10-7-15(2)8-11-17/h6-12,14H,1,13H2,2-5H3. The Hall–Kier alpha value is -1.72. The smallest absolute Gasteiger partial charge is 0.234 e. The summed E-state index contributed by atoms with van der Waals surface area (Å²) in [4.78, 5) is 1.04. The fourth-order valence-corrected chi connectivity index (χ4v) is 5.43. The zero-order valence-corrected chi connectivity index (χ0v) is 16.7. The summed E-state index contributed by atoms with van der Waals surface area (Å²) in [6.07, 6.45) is 1.68. The van der Waals surface area contributed by atoms with Crippen LogP contribution in [-0.4, -0.2) is 15.0 Å². The maximum absolute atomic E-state index is 12.8. The molecule has 0 aromatic heterocycles. The summed E-state index contributed by atoms with van der Waals surface area (Å²) < 4.78 is 31.1. The number of aryl methyl sites for hydroxylation is 1. The van der Waals surface area contributed by atoms with Gasteiger partial charge in [-0.15, -0.1) is 0 Å². The molecule has 2 rings (SSSR count). The lowest BCUT2D eigenvalue weighted by Crippen LogP contribution is -2.13. The van der Waals surface area contributed by atoms with Crippen LogP contribution in [0.2, 0.25) is 0 Å². The van der Waals surface area contributed by atoms with E-state index in [1.54, 1.807) is 24.3 Å². The van der Waals surface area contributed by atoms with E-state index in [0.29, 0.717) is 17.3 Å². The fourth-order valence-electron chi connectivity index (χ4n) is 2.28. The summed E-state index contributed by atoms with van der Waals surface area (Å²) >= 11 is 0. The van der Waals surface area contributed by atoms with Gasteiger partial charge < -0.3 is 4.74 Å². The van der Waals surface area contributed by atoms with Gasteiger partial charge in [0, 0.05) is 15.7 Å². The minimum Gasteiger partial charge on any atom is -0.490 e. The van der Waals surface area contributed by atoms with Crippen LogP contribution in [0.15, 0.2) is 64.9 Å². The predicted octanol–water partition coefficient (Wildman–Crippen LogP) is 5.34. The summed E-state index contributed by atoms with van der Waals surface area (Å²) in [5, 5.41) is 0. The van der Waals surface area contributed by atoms with E-state index in [1.807, 2.05) is 31.2 Å². The summed E-state index contributed by atoms with van der Waals surface area (Å²) in [6.45, 7) is 12.2. The van der Waals surface area contributed by atoms with E-state index in [9.17, 15) is 8.42 Å². The summed E-state index contributed by atoms with van der Waals surface area (Å²) in [5.41, 5.74) is 1.76. The van der Waals surface area contributed by atoms with E-state index in [4.69, 9.17) is 4.74 Å². The molecule has 0 bridgehead atoms. The lowest BCUT2D eigenvalue weighted by molar-refractivity contribution is 0.361. The van der Waals surface area contributed by atoms with Crippen molar-refractivity contribution >= 4 is 19.7 Å². The molecule has 0 N–H and O–H groups in total. The van der Waals surface area contributed by atoms with Gasteiger partial charge in [-0.25, -0.2) is 8.42 Å². The number of rotatable bonds is 6. The lowest BCUT2D eigenvalue weighted by atomic mass is 9.87. The van der Waals surface area contributed by atoms with Crippen molar-refractivity contribution in [3.8, 4) is 5.75 Å². The van der Waals surface area contributed by atoms with E-state index in [-0.39, 0.29) is 5.41 Å². The number of hydrogen-bond acceptors (Lipinski definition) is 4. The average molecular weight is 377 g/mol. The van der Waals surface area contributed by atoms with Gasteiger partial charge >= 0.3 is 0 Å². The summed E-state index contributed by atoms with van der Waals surface area (Å²) in [7, 11) is -2.60. The van der Waals surface area contributed by atoms with E-state index >= 15 is 0 Å². The fraction of sp³-hybridized carbons (Fsp3) is 0.300. The molecule has 2 aromatic carbocycles. The SMILES string of the molecule is C=CCOc1ccc(SS(=O)(=O)c2ccc(C)cc2)c(C(C)(C)C)c1. The highest BCUT2D eigenvalue weighted by molar-refractivity contribution is 8.72. The van der Waals surface area contributed by atoms with Crippen LogP contribution in [0.25, 0.3) is 0 Å². The summed E-state index contributed by atoms with van der Waals surface area (Å²) in [6, 6.07) is 12.4. The van der Waals surface area contributed by atoms with Crippen LogP contribution < -0.4 is 4.74 Å². The first-order valence-corrected chi connectivity index (χ1v) is 10.8. The molecular formula is C20H24O3S2. The van der Waals surface area contributed by atoms with Gasteiger partial charge in [-0.3, -0.25) is 0 Å². The van der Waals surface area contributed by atoms with Crippen molar-refractivity contribution in [1.29, 1.82) is 0 Å².